The van der Waals surface area contributed by atoms with Crippen molar-refractivity contribution in [3.63, 3.8) is 0 Å². The minimum absolute atomic E-state index is 0.00175. The molecule has 1 aromatic heterocycles. The average molecular weight is 438 g/mol. The lowest BCUT2D eigenvalue weighted by Gasteiger charge is -2.13. The fourth-order valence-electron chi connectivity index (χ4n) is 2.61. The van der Waals surface area contributed by atoms with Crippen LogP contribution in [0.3, 0.4) is 0 Å². The molecule has 0 unspecified atom stereocenters. The summed E-state index contributed by atoms with van der Waals surface area (Å²) in [7, 11) is -1.17. The van der Waals surface area contributed by atoms with Gasteiger partial charge >= 0.3 is 5.97 Å². The fraction of sp³-hybridized carbons (Fsp3) is 0.368. The topological polar surface area (TPSA) is 125 Å². The van der Waals surface area contributed by atoms with Crippen LogP contribution < -0.4 is 5.56 Å². The molecule has 156 valence electrons. The minimum atomic E-state index is -1.21. The summed E-state index contributed by atoms with van der Waals surface area (Å²) >= 11 is 5.18. The number of hydrogen-bond acceptors (Lipinski definition) is 6. The molecule has 1 heterocycles. The van der Waals surface area contributed by atoms with Gasteiger partial charge < -0.3 is 10.2 Å². The molecule has 10 heteroatoms. The first-order valence-electron chi connectivity index (χ1n) is 8.86. The number of benzene rings is 1. The summed E-state index contributed by atoms with van der Waals surface area (Å²) < 4.78 is 12.5. The van der Waals surface area contributed by atoms with Gasteiger partial charge in [-0.2, -0.15) is 0 Å². The van der Waals surface area contributed by atoms with Crippen molar-refractivity contribution in [3.8, 4) is 11.6 Å². The zero-order valence-electron chi connectivity index (χ0n) is 16.3. The highest BCUT2D eigenvalue weighted by Crippen LogP contribution is 2.21. The number of carboxylic acids is 1. The maximum Gasteiger partial charge on any atom is 0.328 e. The Hall–Kier alpha value is -2.59. The number of aromatic hydroxyl groups is 1. The van der Waals surface area contributed by atoms with Gasteiger partial charge in [-0.05, 0) is 42.3 Å². The molecule has 0 aliphatic rings. The van der Waals surface area contributed by atoms with Crippen molar-refractivity contribution >= 4 is 35.2 Å². The Morgan fingerprint density at radius 1 is 1.34 bits per heavy atom. The highest BCUT2D eigenvalue weighted by atomic mass is 32.2. The molecule has 2 rings (SSSR count). The van der Waals surface area contributed by atoms with Crippen LogP contribution in [0.1, 0.15) is 37.3 Å². The molecule has 0 bridgehead atoms. The van der Waals surface area contributed by atoms with Gasteiger partial charge in [-0.25, -0.2) is 4.79 Å². The van der Waals surface area contributed by atoms with E-state index in [-0.39, 0.29) is 22.5 Å². The normalized spacial score (nSPS) is 13.7. The second kappa shape index (κ2) is 9.75. The van der Waals surface area contributed by atoms with Crippen LogP contribution in [-0.2, 0) is 15.6 Å². The summed E-state index contributed by atoms with van der Waals surface area (Å²) in [4.78, 5) is 30.0. The number of hydrogen-bond donors (Lipinski definition) is 3. The van der Waals surface area contributed by atoms with Gasteiger partial charge in [0.15, 0.2) is 4.77 Å². The first kappa shape index (κ1) is 22.7. The Labute approximate surface area is 175 Å². The van der Waals surface area contributed by atoms with Crippen LogP contribution in [0.4, 0.5) is 0 Å². The molecular formula is C19H23N3O5S2. The fourth-order valence-corrected chi connectivity index (χ4v) is 3.45. The molecule has 0 aliphatic carbocycles. The van der Waals surface area contributed by atoms with E-state index in [2.05, 4.69) is 23.8 Å². The summed E-state index contributed by atoms with van der Waals surface area (Å²) in [5.41, 5.74) is 0.743. The van der Waals surface area contributed by atoms with Crippen LogP contribution in [0.2, 0.25) is 0 Å². The number of aliphatic carboxylic acids is 1. The summed E-state index contributed by atoms with van der Waals surface area (Å²) in [5, 5.41) is 19.9. The number of nitrogens with one attached hydrogen (secondary N) is 1. The molecule has 0 amide bonds. The quantitative estimate of drug-likeness (QED) is 0.430. The van der Waals surface area contributed by atoms with E-state index in [0.29, 0.717) is 11.6 Å². The van der Waals surface area contributed by atoms with Gasteiger partial charge in [-0.1, -0.05) is 26.0 Å². The predicted molar refractivity (Wildman–Crippen MR) is 116 cm³/mol. The summed E-state index contributed by atoms with van der Waals surface area (Å²) in [6.07, 6.45) is 2.53. The Morgan fingerprint density at radius 3 is 2.48 bits per heavy atom. The molecule has 0 saturated heterocycles. The van der Waals surface area contributed by atoms with Crippen LogP contribution in [0.25, 0.3) is 5.69 Å². The number of H-pyrrole nitrogens is 1. The first-order valence-corrected chi connectivity index (χ1v) is 11.0. The molecule has 0 saturated carbocycles. The molecule has 0 fully saturated rings. The van der Waals surface area contributed by atoms with Crippen molar-refractivity contribution in [2.45, 2.75) is 32.2 Å². The summed E-state index contributed by atoms with van der Waals surface area (Å²) in [6, 6.07) is 6.14. The van der Waals surface area contributed by atoms with E-state index < -0.39 is 34.2 Å². The molecule has 2 aromatic rings. The number of nitrogens with zero attached hydrogens (tertiary/aromatic N) is 2. The van der Waals surface area contributed by atoms with Gasteiger partial charge in [0.2, 0.25) is 5.88 Å². The number of aromatic nitrogens is 2. The van der Waals surface area contributed by atoms with Crippen molar-refractivity contribution in [2.75, 3.05) is 12.0 Å². The zero-order chi connectivity index (χ0) is 21.7. The second-order valence-electron chi connectivity index (χ2n) is 6.78. The molecule has 3 N–H and O–H groups in total. The third kappa shape index (κ3) is 5.70. The minimum Gasteiger partial charge on any atom is -0.494 e. The van der Waals surface area contributed by atoms with Gasteiger partial charge in [0.05, 0.1) is 5.69 Å². The molecule has 2 atom stereocenters. The predicted octanol–water partition coefficient (Wildman–Crippen LogP) is 2.36. The van der Waals surface area contributed by atoms with Crippen molar-refractivity contribution in [1.82, 2.24) is 9.55 Å². The van der Waals surface area contributed by atoms with E-state index in [9.17, 15) is 24.0 Å². The van der Waals surface area contributed by atoms with Crippen LogP contribution in [-0.4, -0.2) is 54.2 Å². The highest BCUT2D eigenvalue weighted by Gasteiger charge is 2.18. The Balaban J connectivity index is 2.47. The van der Waals surface area contributed by atoms with Gasteiger partial charge in [-0.15, -0.1) is 0 Å². The number of aliphatic imine (C=N–C) groups is 1. The van der Waals surface area contributed by atoms with Crippen molar-refractivity contribution < 1.29 is 19.2 Å². The van der Waals surface area contributed by atoms with E-state index in [0.717, 1.165) is 11.8 Å². The second-order valence-corrected chi connectivity index (χ2v) is 8.72. The molecule has 29 heavy (non-hydrogen) atoms. The Kier molecular flexibility index (Phi) is 7.63. The molecule has 0 radical (unpaired) electrons. The van der Waals surface area contributed by atoms with Crippen LogP contribution in [0.15, 0.2) is 34.1 Å². The number of aromatic amines is 1. The van der Waals surface area contributed by atoms with Gasteiger partial charge in [0, 0.05) is 29.0 Å². The third-order valence-corrected chi connectivity index (χ3v) is 5.38. The SMILES string of the molecule is CC(C)c1ccc(-n2c(O)c(C=N[C@@H](CC[S@](C)=O)C(=O)O)c(=O)[nH]c2=S)cc1. The van der Waals surface area contributed by atoms with Gasteiger partial charge in [0.25, 0.3) is 5.56 Å². The molecule has 8 nitrogen and oxygen atoms in total. The van der Waals surface area contributed by atoms with E-state index in [1.807, 2.05) is 12.1 Å². The number of rotatable bonds is 8. The lowest BCUT2D eigenvalue weighted by atomic mass is 10.0. The summed E-state index contributed by atoms with van der Waals surface area (Å²) in [5.74, 6) is -1.17. The maximum absolute atomic E-state index is 12.3. The monoisotopic (exact) mass is 437 g/mol. The maximum atomic E-state index is 12.3. The highest BCUT2D eigenvalue weighted by molar-refractivity contribution is 7.84. The van der Waals surface area contributed by atoms with Gasteiger partial charge in [-0.3, -0.25) is 23.5 Å². The zero-order valence-corrected chi connectivity index (χ0v) is 17.9. The lowest BCUT2D eigenvalue weighted by Crippen LogP contribution is -2.22. The molecular weight excluding hydrogens is 414 g/mol. The number of carbonyl (C=O) groups is 1. The van der Waals surface area contributed by atoms with Crippen molar-refractivity contribution in [2.24, 2.45) is 4.99 Å². The van der Waals surface area contributed by atoms with Crippen LogP contribution in [0.5, 0.6) is 5.88 Å². The average Bonchev–Trinajstić information content (AvgIpc) is 2.63. The largest absolute Gasteiger partial charge is 0.494 e. The smallest absolute Gasteiger partial charge is 0.328 e. The Morgan fingerprint density at radius 2 is 1.97 bits per heavy atom. The standard InChI is InChI=1S/C19H23N3O5S2/c1-11(2)12-4-6-13(7-5-12)22-17(24)14(16(23)21-19(22)28)10-20-15(18(25)26)8-9-29(3)27/h4-7,10-11,15,24H,8-9H2,1-3H3,(H,25,26)(H,21,23,28)/t15-,29-/m0/s1. The lowest BCUT2D eigenvalue weighted by molar-refractivity contribution is -0.138. The van der Waals surface area contributed by atoms with E-state index >= 15 is 0 Å². The van der Waals surface area contributed by atoms with Gasteiger partial charge in [0.1, 0.15) is 11.6 Å². The molecule has 0 spiro atoms. The molecule has 0 aliphatic heterocycles. The molecule has 1 aromatic carbocycles. The van der Waals surface area contributed by atoms with Crippen LogP contribution in [0, 0.1) is 4.77 Å². The van der Waals surface area contributed by atoms with Crippen LogP contribution >= 0.6 is 12.2 Å². The van der Waals surface area contributed by atoms with Crippen molar-refractivity contribution in [3.05, 3.63) is 50.5 Å². The Bertz CT molecular complexity index is 1050. The third-order valence-electron chi connectivity index (χ3n) is 4.29. The van der Waals surface area contributed by atoms with E-state index in [1.54, 1.807) is 12.1 Å². The first-order chi connectivity index (χ1) is 13.6. The summed E-state index contributed by atoms with van der Waals surface area (Å²) in [6.45, 7) is 4.11. The van der Waals surface area contributed by atoms with Crippen molar-refractivity contribution in [1.29, 1.82) is 0 Å². The van der Waals surface area contributed by atoms with E-state index in [4.69, 9.17) is 12.2 Å². The van der Waals surface area contributed by atoms with E-state index in [1.165, 1.54) is 10.8 Å². The number of carboxylic acid groups (broad SMARTS) is 1.